The zero-order chi connectivity index (χ0) is 15.9. The van der Waals surface area contributed by atoms with Crippen molar-refractivity contribution < 1.29 is 4.79 Å². The van der Waals surface area contributed by atoms with Gasteiger partial charge >= 0.3 is 0 Å². The first-order valence-corrected chi connectivity index (χ1v) is 8.68. The summed E-state index contributed by atoms with van der Waals surface area (Å²) in [5, 5.41) is 3.47. The average Bonchev–Trinajstić information content (AvgIpc) is 2.50. The number of nitrogens with zero attached hydrogens (tertiary/aromatic N) is 1. The zero-order valence-corrected chi connectivity index (χ0v) is 14.5. The lowest BCUT2D eigenvalue weighted by Gasteiger charge is -2.38. The SMILES string of the molecule is CCCN(C(=O)CNC1CCC(CN)CC1)C(C)(C)CC. The largest absolute Gasteiger partial charge is 0.336 e. The van der Waals surface area contributed by atoms with Crippen LogP contribution in [0.4, 0.5) is 0 Å². The van der Waals surface area contributed by atoms with Gasteiger partial charge in [-0.1, -0.05) is 13.8 Å². The summed E-state index contributed by atoms with van der Waals surface area (Å²) in [4.78, 5) is 14.6. The van der Waals surface area contributed by atoms with E-state index in [1.165, 1.54) is 12.8 Å². The molecule has 0 saturated heterocycles. The van der Waals surface area contributed by atoms with Gasteiger partial charge in [0.15, 0.2) is 0 Å². The molecule has 1 fully saturated rings. The minimum absolute atomic E-state index is 0.0496. The molecule has 4 nitrogen and oxygen atoms in total. The van der Waals surface area contributed by atoms with Crippen LogP contribution in [0.15, 0.2) is 0 Å². The highest BCUT2D eigenvalue weighted by atomic mass is 16.2. The van der Waals surface area contributed by atoms with Gasteiger partial charge in [-0.05, 0) is 64.8 Å². The van der Waals surface area contributed by atoms with Gasteiger partial charge in [-0.3, -0.25) is 4.79 Å². The molecule has 1 saturated carbocycles. The van der Waals surface area contributed by atoms with Gasteiger partial charge in [0.05, 0.1) is 6.54 Å². The van der Waals surface area contributed by atoms with Crippen LogP contribution in [0.3, 0.4) is 0 Å². The Hall–Kier alpha value is -0.610. The monoisotopic (exact) mass is 297 g/mol. The maximum absolute atomic E-state index is 12.5. The van der Waals surface area contributed by atoms with E-state index in [4.69, 9.17) is 5.73 Å². The predicted molar refractivity (Wildman–Crippen MR) is 89.2 cm³/mol. The number of nitrogens with two attached hydrogens (primary N) is 1. The van der Waals surface area contributed by atoms with Crippen molar-refractivity contribution in [3.63, 3.8) is 0 Å². The summed E-state index contributed by atoms with van der Waals surface area (Å²) in [6.07, 6.45) is 6.69. The quantitative estimate of drug-likeness (QED) is 0.724. The average molecular weight is 297 g/mol. The first-order valence-electron chi connectivity index (χ1n) is 8.68. The number of nitrogens with one attached hydrogen (secondary N) is 1. The van der Waals surface area contributed by atoms with Crippen LogP contribution in [0.25, 0.3) is 0 Å². The number of hydrogen-bond acceptors (Lipinski definition) is 3. The Morgan fingerprint density at radius 3 is 2.33 bits per heavy atom. The Morgan fingerprint density at radius 1 is 1.24 bits per heavy atom. The van der Waals surface area contributed by atoms with E-state index in [1.54, 1.807) is 0 Å². The molecule has 1 aliphatic rings. The normalized spacial score (nSPS) is 23.1. The molecule has 1 amide bonds. The summed E-state index contributed by atoms with van der Waals surface area (Å²) in [6, 6.07) is 0.491. The summed E-state index contributed by atoms with van der Waals surface area (Å²) in [7, 11) is 0. The molecule has 1 rings (SSSR count). The van der Waals surface area contributed by atoms with Gasteiger partial charge in [-0.25, -0.2) is 0 Å². The van der Waals surface area contributed by atoms with Crippen molar-refractivity contribution in [3.8, 4) is 0 Å². The predicted octanol–water partition coefficient (Wildman–Crippen LogP) is 2.52. The first kappa shape index (κ1) is 18.4. The van der Waals surface area contributed by atoms with Crippen molar-refractivity contribution in [1.29, 1.82) is 0 Å². The summed E-state index contributed by atoms with van der Waals surface area (Å²) in [6.45, 7) is 10.7. The lowest BCUT2D eigenvalue weighted by atomic mass is 9.86. The van der Waals surface area contributed by atoms with Crippen LogP contribution in [-0.4, -0.2) is 42.0 Å². The van der Waals surface area contributed by atoms with Crippen LogP contribution in [0.2, 0.25) is 0 Å². The third-order valence-electron chi connectivity index (χ3n) is 5.07. The molecular weight excluding hydrogens is 262 g/mol. The molecule has 0 aliphatic heterocycles. The molecule has 4 heteroatoms. The van der Waals surface area contributed by atoms with Gasteiger partial charge in [0.25, 0.3) is 0 Å². The number of amides is 1. The second-order valence-corrected chi connectivity index (χ2v) is 7.05. The molecule has 0 radical (unpaired) electrons. The second kappa shape index (κ2) is 8.74. The van der Waals surface area contributed by atoms with Crippen LogP contribution >= 0.6 is 0 Å². The van der Waals surface area contributed by atoms with Gasteiger partial charge in [0.1, 0.15) is 0 Å². The molecule has 0 atom stereocenters. The van der Waals surface area contributed by atoms with E-state index in [0.717, 1.165) is 38.8 Å². The van der Waals surface area contributed by atoms with Gasteiger partial charge in [-0.2, -0.15) is 0 Å². The standard InChI is InChI=1S/C17H35N3O/c1-5-11-20(17(3,4)6-2)16(21)13-19-15-9-7-14(12-18)8-10-15/h14-15,19H,5-13,18H2,1-4H3. The van der Waals surface area contributed by atoms with Crippen molar-refractivity contribution in [2.75, 3.05) is 19.6 Å². The molecule has 21 heavy (non-hydrogen) atoms. The van der Waals surface area contributed by atoms with E-state index < -0.39 is 0 Å². The van der Waals surface area contributed by atoms with E-state index in [9.17, 15) is 4.79 Å². The molecule has 0 spiro atoms. The Kier molecular flexibility index (Phi) is 7.67. The molecule has 3 N–H and O–H groups in total. The van der Waals surface area contributed by atoms with Crippen molar-refractivity contribution >= 4 is 5.91 Å². The summed E-state index contributed by atoms with van der Waals surface area (Å²) < 4.78 is 0. The van der Waals surface area contributed by atoms with Crippen molar-refractivity contribution in [3.05, 3.63) is 0 Å². The minimum Gasteiger partial charge on any atom is -0.336 e. The molecule has 1 aliphatic carbocycles. The fourth-order valence-electron chi connectivity index (χ4n) is 3.11. The fourth-order valence-corrected chi connectivity index (χ4v) is 3.11. The van der Waals surface area contributed by atoms with Gasteiger partial charge < -0.3 is 16.0 Å². The topological polar surface area (TPSA) is 58.4 Å². The van der Waals surface area contributed by atoms with E-state index >= 15 is 0 Å². The molecule has 0 aromatic heterocycles. The Bertz CT molecular complexity index is 309. The second-order valence-electron chi connectivity index (χ2n) is 7.05. The Balaban J connectivity index is 2.44. The lowest BCUT2D eigenvalue weighted by Crippen LogP contribution is -2.51. The number of carbonyl (C=O) groups excluding carboxylic acids is 1. The molecular formula is C17H35N3O. The molecule has 0 unspecified atom stereocenters. The van der Waals surface area contributed by atoms with E-state index in [2.05, 4.69) is 33.0 Å². The third kappa shape index (κ3) is 5.59. The van der Waals surface area contributed by atoms with Gasteiger partial charge in [-0.15, -0.1) is 0 Å². The van der Waals surface area contributed by atoms with Crippen LogP contribution in [0.5, 0.6) is 0 Å². The van der Waals surface area contributed by atoms with E-state index in [-0.39, 0.29) is 11.4 Å². The van der Waals surface area contributed by atoms with Crippen LogP contribution in [0.1, 0.15) is 66.2 Å². The zero-order valence-electron chi connectivity index (χ0n) is 14.5. The van der Waals surface area contributed by atoms with Crippen molar-refractivity contribution in [1.82, 2.24) is 10.2 Å². The smallest absolute Gasteiger partial charge is 0.236 e. The third-order valence-corrected chi connectivity index (χ3v) is 5.07. The highest BCUT2D eigenvalue weighted by Crippen LogP contribution is 2.23. The highest BCUT2D eigenvalue weighted by Gasteiger charge is 2.29. The number of carbonyl (C=O) groups is 1. The number of rotatable bonds is 8. The van der Waals surface area contributed by atoms with Crippen molar-refractivity contribution in [2.45, 2.75) is 77.8 Å². The molecule has 0 aromatic carbocycles. The molecule has 124 valence electrons. The number of hydrogen-bond donors (Lipinski definition) is 2. The summed E-state index contributed by atoms with van der Waals surface area (Å²) in [5.41, 5.74) is 5.68. The molecule has 0 heterocycles. The maximum atomic E-state index is 12.5. The molecule has 0 aromatic rings. The van der Waals surface area contributed by atoms with Crippen LogP contribution in [0, 0.1) is 5.92 Å². The van der Waals surface area contributed by atoms with E-state index in [1.807, 2.05) is 4.90 Å². The fraction of sp³-hybridized carbons (Fsp3) is 0.941. The van der Waals surface area contributed by atoms with Crippen molar-refractivity contribution in [2.24, 2.45) is 11.7 Å². The van der Waals surface area contributed by atoms with Crippen LogP contribution in [-0.2, 0) is 4.79 Å². The Morgan fingerprint density at radius 2 is 1.86 bits per heavy atom. The van der Waals surface area contributed by atoms with Gasteiger partial charge in [0.2, 0.25) is 5.91 Å². The Labute approximate surface area is 130 Å². The maximum Gasteiger partial charge on any atom is 0.236 e. The highest BCUT2D eigenvalue weighted by molar-refractivity contribution is 5.79. The van der Waals surface area contributed by atoms with E-state index in [0.29, 0.717) is 18.5 Å². The van der Waals surface area contributed by atoms with Crippen LogP contribution < -0.4 is 11.1 Å². The lowest BCUT2D eigenvalue weighted by molar-refractivity contribution is -0.135. The molecule has 0 bridgehead atoms. The van der Waals surface area contributed by atoms with Gasteiger partial charge in [0, 0.05) is 18.1 Å². The summed E-state index contributed by atoms with van der Waals surface area (Å²) >= 11 is 0. The first-order chi connectivity index (χ1) is 9.94. The minimum atomic E-state index is -0.0496. The summed E-state index contributed by atoms with van der Waals surface area (Å²) in [5.74, 6) is 0.930.